The maximum absolute atomic E-state index is 12.2. The average Bonchev–Trinajstić information content (AvgIpc) is 2.79. The van der Waals surface area contributed by atoms with Gasteiger partial charge in [-0.2, -0.15) is 0 Å². The lowest BCUT2D eigenvalue weighted by molar-refractivity contribution is -0.117. The van der Waals surface area contributed by atoms with Crippen LogP contribution in [0.15, 0.2) is 47.6 Å². The van der Waals surface area contributed by atoms with Crippen molar-refractivity contribution in [1.82, 2.24) is 10.3 Å². The molecule has 1 aliphatic heterocycles. The van der Waals surface area contributed by atoms with E-state index in [1.165, 1.54) is 6.26 Å². The Balaban J connectivity index is 1.74. The van der Waals surface area contributed by atoms with Crippen molar-refractivity contribution in [2.45, 2.75) is 13.5 Å². The normalized spacial score (nSPS) is 12.9. The van der Waals surface area contributed by atoms with Crippen LogP contribution in [0.4, 0.5) is 0 Å². The van der Waals surface area contributed by atoms with Gasteiger partial charge < -0.3 is 10.1 Å². The fraction of sp³-hybridized carbons (Fsp3) is 0.125. The number of nitrogens with zero attached hydrogens (tertiary/aromatic N) is 1. The number of hydrogen-bond donors (Lipinski definition) is 1. The van der Waals surface area contributed by atoms with Gasteiger partial charge in [-0.15, -0.1) is 11.3 Å². The van der Waals surface area contributed by atoms with Gasteiger partial charge in [0.15, 0.2) is 0 Å². The molecule has 1 amide bonds. The molecule has 0 saturated carbocycles. The number of nitrogens with one attached hydrogen (secondary N) is 1. The molecule has 0 spiro atoms. The maximum Gasteiger partial charge on any atom is 0.251 e. The zero-order chi connectivity index (χ0) is 14.7. The summed E-state index contributed by atoms with van der Waals surface area (Å²) >= 11 is 1.54. The first-order valence-corrected chi connectivity index (χ1v) is 7.43. The summed E-state index contributed by atoms with van der Waals surface area (Å²) < 4.78 is 5.47. The molecule has 0 saturated heterocycles. The number of carbonyl (C=O) groups excluding carboxylic acids is 1. The lowest BCUT2D eigenvalue weighted by atomic mass is 10.1. The van der Waals surface area contributed by atoms with Crippen molar-refractivity contribution in [3.05, 3.63) is 63.8 Å². The fourth-order valence-electron chi connectivity index (χ4n) is 1.99. The SMILES string of the molecule is Cc1csc(CNC(=O)C2=Cc3ccccc3OC=C2)n1. The van der Waals surface area contributed by atoms with Crippen LogP contribution in [0.25, 0.3) is 6.08 Å². The van der Waals surface area contributed by atoms with E-state index in [9.17, 15) is 4.79 Å². The highest BCUT2D eigenvalue weighted by molar-refractivity contribution is 7.09. The number of para-hydroxylation sites is 1. The van der Waals surface area contributed by atoms with E-state index in [4.69, 9.17) is 4.74 Å². The average molecular weight is 298 g/mol. The van der Waals surface area contributed by atoms with Crippen molar-refractivity contribution in [3.8, 4) is 5.75 Å². The Morgan fingerprint density at radius 2 is 2.24 bits per heavy atom. The van der Waals surface area contributed by atoms with Gasteiger partial charge in [0.1, 0.15) is 10.8 Å². The van der Waals surface area contributed by atoms with Crippen LogP contribution in [0.2, 0.25) is 0 Å². The van der Waals surface area contributed by atoms with Crippen LogP contribution in [-0.4, -0.2) is 10.9 Å². The molecule has 1 N–H and O–H groups in total. The minimum Gasteiger partial charge on any atom is -0.464 e. The molecule has 1 aromatic carbocycles. The zero-order valence-corrected chi connectivity index (χ0v) is 12.3. The summed E-state index contributed by atoms with van der Waals surface area (Å²) in [4.78, 5) is 16.6. The smallest absolute Gasteiger partial charge is 0.251 e. The maximum atomic E-state index is 12.2. The van der Waals surface area contributed by atoms with E-state index in [1.54, 1.807) is 17.4 Å². The second-order valence-corrected chi connectivity index (χ2v) is 5.57. The minimum atomic E-state index is -0.139. The molecular formula is C16H14N2O2S. The van der Waals surface area contributed by atoms with E-state index in [2.05, 4.69) is 10.3 Å². The van der Waals surface area contributed by atoms with Crippen LogP contribution in [0, 0.1) is 6.92 Å². The Morgan fingerprint density at radius 1 is 1.38 bits per heavy atom. The second kappa shape index (κ2) is 5.93. The molecule has 2 heterocycles. The van der Waals surface area contributed by atoms with Crippen LogP contribution in [0.1, 0.15) is 16.3 Å². The number of ether oxygens (including phenoxy) is 1. The molecule has 1 aromatic heterocycles. The van der Waals surface area contributed by atoms with Crippen molar-refractivity contribution in [2.24, 2.45) is 0 Å². The predicted octanol–water partition coefficient (Wildman–Crippen LogP) is 3.06. The molecule has 1 aliphatic rings. The van der Waals surface area contributed by atoms with Gasteiger partial charge in [-0.3, -0.25) is 4.79 Å². The standard InChI is InChI=1S/C16H14N2O2S/c1-11-10-21-15(18-11)9-17-16(19)13-6-7-20-14-5-3-2-4-12(14)8-13/h2-8,10H,9H2,1H3,(H,17,19). The van der Waals surface area contributed by atoms with Gasteiger partial charge in [0.2, 0.25) is 0 Å². The Hall–Kier alpha value is -2.40. The molecule has 0 unspecified atom stereocenters. The van der Waals surface area contributed by atoms with Gasteiger partial charge in [-0.1, -0.05) is 18.2 Å². The molecule has 0 atom stereocenters. The Bertz CT molecular complexity index is 731. The highest BCUT2D eigenvalue weighted by Crippen LogP contribution is 2.24. The summed E-state index contributed by atoms with van der Waals surface area (Å²) in [5.41, 5.74) is 2.42. The first kappa shape index (κ1) is 13.6. The molecule has 2 aromatic rings. The van der Waals surface area contributed by atoms with E-state index < -0.39 is 0 Å². The number of amides is 1. The summed E-state index contributed by atoms with van der Waals surface area (Å²) in [7, 11) is 0. The molecule has 106 valence electrons. The van der Waals surface area contributed by atoms with Gasteiger partial charge in [-0.25, -0.2) is 4.98 Å². The lowest BCUT2D eigenvalue weighted by Gasteiger charge is -2.03. The molecule has 21 heavy (non-hydrogen) atoms. The van der Waals surface area contributed by atoms with Gasteiger partial charge in [0, 0.05) is 22.2 Å². The van der Waals surface area contributed by atoms with Crippen molar-refractivity contribution >= 4 is 23.3 Å². The third-order valence-electron chi connectivity index (χ3n) is 3.00. The molecule has 0 fully saturated rings. The predicted molar refractivity (Wildman–Crippen MR) is 82.9 cm³/mol. The first-order valence-electron chi connectivity index (χ1n) is 6.55. The summed E-state index contributed by atoms with van der Waals surface area (Å²) in [5, 5.41) is 5.74. The third-order valence-corrected chi connectivity index (χ3v) is 3.97. The summed E-state index contributed by atoms with van der Waals surface area (Å²) in [6.07, 6.45) is 5.02. The molecule has 0 radical (unpaired) electrons. The van der Waals surface area contributed by atoms with Crippen molar-refractivity contribution in [1.29, 1.82) is 0 Å². The zero-order valence-electron chi connectivity index (χ0n) is 11.5. The Morgan fingerprint density at radius 3 is 3.05 bits per heavy atom. The van der Waals surface area contributed by atoms with Crippen LogP contribution < -0.4 is 10.1 Å². The van der Waals surface area contributed by atoms with Crippen molar-refractivity contribution in [2.75, 3.05) is 0 Å². The Labute approximate surface area is 126 Å². The molecular weight excluding hydrogens is 284 g/mol. The van der Waals surface area contributed by atoms with Gasteiger partial charge in [-0.05, 0) is 25.1 Å². The molecule has 0 aliphatic carbocycles. The van der Waals surface area contributed by atoms with Crippen LogP contribution in [-0.2, 0) is 11.3 Å². The molecule has 4 nitrogen and oxygen atoms in total. The van der Waals surface area contributed by atoms with E-state index in [0.29, 0.717) is 12.1 Å². The number of carbonyl (C=O) groups is 1. The second-order valence-electron chi connectivity index (χ2n) is 4.62. The van der Waals surface area contributed by atoms with E-state index in [0.717, 1.165) is 22.0 Å². The van der Waals surface area contributed by atoms with E-state index in [-0.39, 0.29) is 5.91 Å². The third kappa shape index (κ3) is 3.20. The van der Waals surface area contributed by atoms with Gasteiger partial charge in [0.25, 0.3) is 5.91 Å². The fourth-order valence-corrected chi connectivity index (χ4v) is 2.70. The highest BCUT2D eigenvalue weighted by atomic mass is 32.1. The topological polar surface area (TPSA) is 51.2 Å². The molecule has 5 heteroatoms. The molecule has 0 bridgehead atoms. The van der Waals surface area contributed by atoms with E-state index in [1.807, 2.05) is 42.6 Å². The quantitative estimate of drug-likeness (QED) is 0.947. The summed E-state index contributed by atoms with van der Waals surface area (Å²) in [5.74, 6) is 0.603. The number of hydrogen-bond acceptors (Lipinski definition) is 4. The lowest BCUT2D eigenvalue weighted by Crippen LogP contribution is -2.23. The number of aryl methyl sites for hydroxylation is 1. The summed E-state index contributed by atoms with van der Waals surface area (Å²) in [6, 6.07) is 7.60. The Kier molecular flexibility index (Phi) is 3.83. The van der Waals surface area contributed by atoms with Crippen molar-refractivity contribution < 1.29 is 9.53 Å². The van der Waals surface area contributed by atoms with Crippen LogP contribution in [0.3, 0.4) is 0 Å². The van der Waals surface area contributed by atoms with E-state index >= 15 is 0 Å². The van der Waals surface area contributed by atoms with Crippen molar-refractivity contribution in [3.63, 3.8) is 0 Å². The highest BCUT2D eigenvalue weighted by Gasteiger charge is 2.11. The number of rotatable bonds is 3. The summed E-state index contributed by atoms with van der Waals surface area (Å²) in [6.45, 7) is 2.37. The number of thiazole rings is 1. The van der Waals surface area contributed by atoms with Gasteiger partial charge >= 0.3 is 0 Å². The minimum absolute atomic E-state index is 0.139. The largest absolute Gasteiger partial charge is 0.464 e. The molecule has 3 rings (SSSR count). The number of benzene rings is 1. The first-order chi connectivity index (χ1) is 10.2. The number of fused-ring (bicyclic) bond motifs is 1. The van der Waals surface area contributed by atoms with Crippen LogP contribution in [0.5, 0.6) is 5.75 Å². The monoisotopic (exact) mass is 298 g/mol. The van der Waals surface area contributed by atoms with Crippen LogP contribution >= 0.6 is 11.3 Å². The van der Waals surface area contributed by atoms with Gasteiger partial charge in [0.05, 0.1) is 12.8 Å². The number of aromatic nitrogens is 1.